The summed E-state index contributed by atoms with van der Waals surface area (Å²) in [6.07, 6.45) is 0.635. The first-order valence-corrected chi connectivity index (χ1v) is 10.7. The Labute approximate surface area is 163 Å². The van der Waals surface area contributed by atoms with Crippen LogP contribution in [0.1, 0.15) is 21.5 Å². The number of halogens is 1. The number of hydrogen-bond donors (Lipinski definition) is 1. The van der Waals surface area contributed by atoms with E-state index in [2.05, 4.69) is 10.2 Å². The molecule has 0 saturated carbocycles. The van der Waals surface area contributed by atoms with E-state index < -0.39 is 9.84 Å². The van der Waals surface area contributed by atoms with Gasteiger partial charge in [-0.25, -0.2) is 8.42 Å². The number of hydrogen-bond acceptors (Lipinski definition) is 6. The van der Waals surface area contributed by atoms with Gasteiger partial charge in [-0.15, -0.1) is 0 Å². The van der Waals surface area contributed by atoms with E-state index in [1.165, 1.54) is 6.07 Å². The van der Waals surface area contributed by atoms with Crippen molar-refractivity contribution in [2.24, 2.45) is 0 Å². The monoisotopic (exact) mass is 406 g/mol. The Morgan fingerprint density at radius 2 is 1.89 bits per heavy atom. The van der Waals surface area contributed by atoms with Crippen molar-refractivity contribution in [3.05, 3.63) is 46.0 Å². The van der Waals surface area contributed by atoms with Crippen molar-refractivity contribution in [2.45, 2.75) is 17.6 Å². The lowest BCUT2D eigenvalue weighted by atomic mass is 10.1. The lowest BCUT2D eigenvalue weighted by Gasteiger charge is -2.30. The van der Waals surface area contributed by atoms with Crippen LogP contribution in [0, 0.1) is 6.92 Å². The Bertz CT molecular complexity index is 1030. The van der Waals surface area contributed by atoms with Gasteiger partial charge in [-0.3, -0.25) is 4.79 Å². The van der Waals surface area contributed by atoms with Crippen LogP contribution in [0.2, 0.25) is 5.02 Å². The third kappa shape index (κ3) is 3.31. The Hall–Kier alpha value is -2.09. The molecule has 142 valence electrons. The third-order valence-corrected chi connectivity index (χ3v) is 6.82. The van der Waals surface area contributed by atoms with Gasteiger partial charge in [-0.05, 0) is 36.8 Å². The van der Waals surface area contributed by atoms with Crippen molar-refractivity contribution in [1.82, 2.24) is 5.32 Å². The maximum absolute atomic E-state index is 13.0. The molecule has 0 unspecified atom stereocenters. The molecule has 1 fully saturated rings. The number of carbonyl (C=O) groups is 1. The van der Waals surface area contributed by atoms with E-state index in [4.69, 9.17) is 16.3 Å². The smallest absolute Gasteiger partial charge is 0.186 e. The summed E-state index contributed by atoms with van der Waals surface area (Å²) in [5, 5.41) is 3.67. The largest absolute Gasteiger partial charge is 0.454 e. The second-order valence-corrected chi connectivity index (χ2v) is 9.16. The lowest BCUT2D eigenvalue weighted by Crippen LogP contribution is -2.43. The van der Waals surface area contributed by atoms with E-state index in [9.17, 15) is 13.2 Å². The number of benzene rings is 2. The van der Waals surface area contributed by atoms with Crippen molar-refractivity contribution in [3.8, 4) is 11.5 Å². The zero-order valence-electron chi connectivity index (χ0n) is 14.8. The summed E-state index contributed by atoms with van der Waals surface area (Å²) < 4.78 is 32.0. The molecule has 27 heavy (non-hydrogen) atoms. The number of nitrogens with one attached hydrogen (secondary N) is 1. The van der Waals surface area contributed by atoms with Crippen molar-refractivity contribution < 1.29 is 17.9 Å². The van der Waals surface area contributed by atoms with Crippen LogP contribution in [-0.4, -0.2) is 40.9 Å². The molecule has 2 aliphatic heterocycles. The number of carbonyl (C=O) groups excluding carboxylic acids is 1. The van der Waals surface area contributed by atoms with Crippen LogP contribution >= 0.6 is 11.6 Å². The van der Waals surface area contributed by atoms with E-state index in [-0.39, 0.29) is 16.4 Å². The second-order valence-electron chi connectivity index (χ2n) is 6.80. The Morgan fingerprint density at radius 1 is 1.15 bits per heavy atom. The topological polar surface area (TPSA) is 75.7 Å². The Balaban J connectivity index is 1.85. The summed E-state index contributed by atoms with van der Waals surface area (Å²) in [6.45, 7) is 5.09. The number of nitrogens with zero attached hydrogens (tertiary/aromatic N) is 1. The number of aldehydes is 1. The molecule has 0 spiro atoms. The fourth-order valence-corrected chi connectivity index (χ4v) is 5.40. The molecule has 2 heterocycles. The molecule has 0 atom stereocenters. The first kappa shape index (κ1) is 18.3. The summed E-state index contributed by atoms with van der Waals surface area (Å²) in [6, 6.07) is 6.63. The summed E-state index contributed by atoms with van der Waals surface area (Å²) in [5.74, 6) is 0.368. The van der Waals surface area contributed by atoms with Crippen LogP contribution in [0.15, 0.2) is 29.2 Å². The maximum Gasteiger partial charge on any atom is 0.186 e. The van der Waals surface area contributed by atoms with Gasteiger partial charge in [-0.1, -0.05) is 11.6 Å². The van der Waals surface area contributed by atoms with Gasteiger partial charge in [0.2, 0.25) is 0 Å². The number of fused-ring (bicyclic) bond motifs is 2. The molecular weight excluding hydrogens is 388 g/mol. The lowest BCUT2D eigenvalue weighted by molar-refractivity contribution is 0.112. The average molecular weight is 407 g/mol. The van der Waals surface area contributed by atoms with Crippen LogP contribution in [0.25, 0.3) is 0 Å². The molecule has 0 amide bonds. The number of ether oxygens (including phenoxy) is 1. The third-order valence-electron chi connectivity index (χ3n) is 4.87. The SMILES string of the molecule is Cc1cc(C=O)cc2c1Oc1c(Cl)cc(N3CCNCC3)cc1CS2(=O)=O. The van der Waals surface area contributed by atoms with Crippen LogP contribution < -0.4 is 15.0 Å². The van der Waals surface area contributed by atoms with Crippen LogP contribution in [0.4, 0.5) is 5.69 Å². The Kier molecular flexibility index (Phi) is 4.61. The van der Waals surface area contributed by atoms with Crippen molar-refractivity contribution >= 4 is 33.4 Å². The number of aryl methyl sites for hydroxylation is 1. The summed E-state index contributed by atoms with van der Waals surface area (Å²) in [5.41, 5.74) is 2.29. The van der Waals surface area contributed by atoms with Crippen molar-refractivity contribution in [3.63, 3.8) is 0 Å². The summed E-state index contributed by atoms with van der Waals surface area (Å²) >= 11 is 6.49. The fourth-order valence-electron chi connectivity index (χ4n) is 3.54. The van der Waals surface area contributed by atoms with Crippen LogP contribution in [0.3, 0.4) is 0 Å². The Morgan fingerprint density at radius 3 is 2.59 bits per heavy atom. The van der Waals surface area contributed by atoms with Crippen LogP contribution in [-0.2, 0) is 15.6 Å². The molecule has 0 radical (unpaired) electrons. The normalized spacial score (nSPS) is 18.1. The van der Waals surface area contributed by atoms with Gasteiger partial charge < -0.3 is 15.0 Å². The molecule has 1 saturated heterocycles. The first-order valence-electron chi connectivity index (χ1n) is 8.67. The van der Waals surface area contributed by atoms with E-state index in [1.54, 1.807) is 13.0 Å². The molecular formula is C19H19ClN2O4S. The van der Waals surface area contributed by atoms with Gasteiger partial charge in [0.25, 0.3) is 0 Å². The minimum absolute atomic E-state index is 0.0283. The van der Waals surface area contributed by atoms with E-state index in [0.29, 0.717) is 33.7 Å². The fraction of sp³-hybridized carbons (Fsp3) is 0.316. The van der Waals surface area contributed by atoms with E-state index in [0.717, 1.165) is 31.9 Å². The molecule has 1 N–H and O–H groups in total. The number of rotatable bonds is 2. The summed E-state index contributed by atoms with van der Waals surface area (Å²) in [7, 11) is -3.68. The highest BCUT2D eigenvalue weighted by atomic mass is 35.5. The van der Waals surface area contributed by atoms with Crippen molar-refractivity contribution in [2.75, 3.05) is 31.1 Å². The molecule has 8 heteroatoms. The highest BCUT2D eigenvalue weighted by molar-refractivity contribution is 7.90. The first-order chi connectivity index (χ1) is 12.9. The highest BCUT2D eigenvalue weighted by Crippen LogP contribution is 2.45. The number of sulfone groups is 1. The molecule has 2 aromatic rings. The standard InChI is InChI=1S/C19H19ClN2O4S/c1-12-6-13(10-23)7-17-18(12)26-19-14(11-27(17,24)25)8-15(9-16(19)20)22-4-2-21-3-5-22/h6-10,21H,2-5,11H2,1H3. The predicted octanol–water partition coefficient (Wildman–Crippen LogP) is 2.95. The van der Waals surface area contributed by atoms with Gasteiger partial charge in [0, 0.05) is 43.0 Å². The highest BCUT2D eigenvalue weighted by Gasteiger charge is 2.30. The molecule has 2 aliphatic rings. The maximum atomic E-state index is 13.0. The van der Waals surface area contributed by atoms with Gasteiger partial charge in [0.1, 0.15) is 22.7 Å². The minimum Gasteiger partial charge on any atom is -0.454 e. The zero-order chi connectivity index (χ0) is 19.2. The number of anilines is 1. The van der Waals surface area contributed by atoms with Crippen LogP contribution in [0.5, 0.6) is 11.5 Å². The second kappa shape index (κ2) is 6.82. The molecule has 2 aromatic carbocycles. The molecule has 0 bridgehead atoms. The predicted molar refractivity (Wildman–Crippen MR) is 104 cm³/mol. The number of piperazine rings is 1. The van der Waals surface area contributed by atoms with E-state index >= 15 is 0 Å². The zero-order valence-corrected chi connectivity index (χ0v) is 16.4. The minimum atomic E-state index is -3.68. The summed E-state index contributed by atoms with van der Waals surface area (Å²) in [4.78, 5) is 13.4. The average Bonchev–Trinajstić information content (AvgIpc) is 2.76. The van der Waals surface area contributed by atoms with Gasteiger partial charge in [0.15, 0.2) is 9.84 Å². The molecule has 6 nitrogen and oxygen atoms in total. The molecule has 0 aromatic heterocycles. The molecule has 0 aliphatic carbocycles. The van der Waals surface area contributed by atoms with Gasteiger partial charge in [-0.2, -0.15) is 0 Å². The van der Waals surface area contributed by atoms with Gasteiger partial charge in [0.05, 0.1) is 10.8 Å². The van der Waals surface area contributed by atoms with E-state index in [1.807, 2.05) is 12.1 Å². The quantitative estimate of drug-likeness (QED) is 0.773. The van der Waals surface area contributed by atoms with Crippen molar-refractivity contribution in [1.29, 1.82) is 0 Å². The molecule has 4 rings (SSSR count). The van der Waals surface area contributed by atoms with Gasteiger partial charge >= 0.3 is 0 Å².